The van der Waals surface area contributed by atoms with Crippen LogP contribution in [0.25, 0.3) is 0 Å². The maximum Gasteiger partial charge on any atom is 0.264 e. The van der Waals surface area contributed by atoms with Crippen LogP contribution in [-0.2, 0) is 0 Å². The number of rotatable bonds is 3. The van der Waals surface area contributed by atoms with E-state index in [2.05, 4.69) is 6.92 Å². The fourth-order valence-electron chi connectivity index (χ4n) is 3.01. The summed E-state index contributed by atoms with van der Waals surface area (Å²) in [5.74, 6) is 1.64. The normalized spacial score (nSPS) is 21.4. The second kappa shape index (κ2) is 6.20. The molecule has 0 bridgehead atoms. The van der Waals surface area contributed by atoms with Crippen molar-refractivity contribution in [3.63, 3.8) is 0 Å². The Morgan fingerprint density at radius 3 is 2.78 bits per heavy atom. The molecule has 1 saturated heterocycles. The molecule has 0 aliphatic carbocycles. The van der Waals surface area contributed by atoms with Crippen LogP contribution in [0, 0.1) is 12.8 Å². The third-order valence-electron chi connectivity index (χ3n) is 4.31. The Balaban J connectivity index is 1.88. The number of thiophene rings is 1. The number of nitrogens with two attached hydrogens (primary N) is 1. The summed E-state index contributed by atoms with van der Waals surface area (Å²) in [6.07, 6.45) is 1.85. The lowest BCUT2D eigenvalue weighted by Crippen LogP contribution is -2.40. The average Bonchev–Trinajstić information content (AvgIpc) is 3.15. The van der Waals surface area contributed by atoms with E-state index >= 15 is 0 Å². The number of primary amides is 1. The number of nitrogens with zero attached hydrogens (tertiary/aromatic N) is 1. The first-order chi connectivity index (χ1) is 11.0. The lowest BCUT2D eigenvalue weighted by molar-refractivity contribution is 0.0524. The predicted octanol–water partition coefficient (Wildman–Crippen LogP) is 3.36. The third-order valence-corrected chi connectivity index (χ3v) is 5.23. The monoisotopic (exact) mass is 332 g/mol. The van der Waals surface area contributed by atoms with Crippen molar-refractivity contribution in [2.75, 3.05) is 6.54 Å². The Hall–Kier alpha value is -2.08. The van der Waals surface area contributed by atoms with Gasteiger partial charge in [-0.25, -0.2) is 0 Å². The Labute approximate surface area is 139 Å². The number of piperidine rings is 1. The molecule has 2 atom stereocenters. The SMILES string of the molecule is Cc1ccc([C@H]2C[C@@H](C)CCN2C(=O)c2cc(C(N)=O)cs2)o1. The lowest BCUT2D eigenvalue weighted by atomic mass is 9.91. The van der Waals surface area contributed by atoms with E-state index < -0.39 is 5.91 Å². The van der Waals surface area contributed by atoms with E-state index in [0.717, 1.165) is 24.4 Å². The fraction of sp³-hybridized carbons (Fsp3) is 0.412. The molecule has 1 aliphatic rings. The summed E-state index contributed by atoms with van der Waals surface area (Å²) in [4.78, 5) is 26.5. The molecule has 0 saturated carbocycles. The van der Waals surface area contributed by atoms with Crippen molar-refractivity contribution in [1.29, 1.82) is 0 Å². The van der Waals surface area contributed by atoms with Crippen LogP contribution in [0.1, 0.15) is 57.4 Å². The van der Waals surface area contributed by atoms with Gasteiger partial charge < -0.3 is 15.1 Å². The van der Waals surface area contributed by atoms with E-state index in [-0.39, 0.29) is 11.9 Å². The number of aryl methyl sites for hydroxylation is 1. The van der Waals surface area contributed by atoms with Gasteiger partial charge in [0.15, 0.2) is 0 Å². The van der Waals surface area contributed by atoms with E-state index in [1.165, 1.54) is 11.3 Å². The van der Waals surface area contributed by atoms with Crippen molar-refractivity contribution in [2.45, 2.75) is 32.7 Å². The van der Waals surface area contributed by atoms with Gasteiger partial charge in [-0.2, -0.15) is 0 Å². The van der Waals surface area contributed by atoms with Gasteiger partial charge in [0.05, 0.1) is 16.5 Å². The van der Waals surface area contributed by atoms with Crippen molar-refractivity contribution >= 4 is 23.2 Å². The molecule has 2 amide bonds. The van der Waals surface area contributed by atoms with Crippen molar-refractivity contribution in [3.05, 3.63) is 45.5 Å². The minimum absolute atomic E-state index is 0.0564. The summed E-state index contributed by atoms with van der Waals surface area (Å²) in [5.41, 5.74) is 5.66. The number of likely N-dealkylation sites (tertiary alicyclic amines) is 1. The highest BCUT2D eigenvalue weighted by atomic mass is 32.1. The van der Waals surface area contributed by atoms with Gasteiger partial charge in [0.2, 0.25) is 5.91 Å². The molecule has 2 aromatic rings. The molecule has 23 heavy (non-hydrogen) atoms. The fourth-order valence-corrected chi connectivity index (χ4v) is 3.86. The van der Waals surface area contributed by atoms with Crippen LogP contribution < -0.4 is 5.73 Å². The number of carbonyl (C=O) groups excluding carboxylic acids is 2. The second-order valence-corrected chi connectivity index (χ2v) is 7.07. The Kier molecular flexibility index (Phi) is 4.26. The van der Waals surface area contributed by atoms with Gasteiger partial charge in [-0.15, -0.1) is 11.3 Å². The maximum atomic E-state index is 12.9. The third kappa shape index (κ3) is 3.17. The molecule has 3 rings (SSSR count). The molecule has 1 fully saturated rings. The summed E-state index contributed by atoms with van der Waals surface area (Å²) in [5, 5.41) is 1.63. The van der Waals surface area contributed by atoms with E-state index in [9.17, 15) is 9.59 Å². The molecule has 5 nitrogen and oxygen atoms in total. The predicted molar refractivity (Wildman–Crippen MR) is 88.5 cm³/mol. The van der Waals surface area contributed by atoms with E-state index in [0.29, 0.717) is 22.9 Å². The zero-order chi connectivity index (χ0) is 16.6. The molecule has 0 radical (unpaired) electrons. The topological polar surface area (TPSA) is 76.5 Å². The molecule has 6 heteroatoms. The van der Waals surface area contributed by atoms with Gasteiger partial charge in [-0.1, -0.05) is 6.92 Å². The van der Waals surface area contributed by atoms with Gasteiger partial charge in [-0.3, -0.25) is 9.59 Å². The van der Waals surface area contributed by atoms with E-state index in [1.807, 2.05) is 24.0 Å². The smallest absolute Gasteiger partial charge is 0.264 e. The van der Waals surface area contributed by atoms with Crippen LogP contribution >= 0.6 is 11.3 Å². The number of hydrogen-bond acceptors (Lipinski definition) is 4. The molecule has 1 aliphatic heterocycles. The Morgan fingerprint density at radius 2 is 2.17 bits per heavy atom. The highest BCUT2D eigenvalue weighted by Gasteiger charge is 2.34. The largest absolute Gasteiger partial charge is 0.464 e. The van der Waals surface area contributed by atoms with Crippen LogP contribution in [-0.4, -0.2) is 23.3 Å². The van der Waals surface area contributed by atoms with Crippen LogP contribution in [0.4, 0.5) is 0 Å². The lowest BCUT2D eigenvalue weighted by Gasteiger charge is -2.37. The molecular weight excluding hydrogens is 312 g/mol. The maximum absolute atomic E-state index is 12.9. The van der Waals surface area contributed by atoms with Crippen molar-refractivity contribution in [1.82, 2.24) is 4.90 Å². The molecule has 2 aromatic heterocycles. The minimum Gasteiger partial charge on any atom is -0.464 e. The Bertz CT molecular complexity index is 734. The van der Waals surface area contributed by atoms with E-state index in [1.54, 1.807) is 11.4 Å². The molecular formula is C17H20N2O3S. The number of hydrogen-bond donors (Lipinski definition) is 1. The van der Waals surface area contributed by atoms with Crippen molar-refractivity contribution in [3.8, 4) is 0 Å². The summed E-state index contributed by atoms with van der Waals surface area (Å²) in [7, 11) is 0. The van der Waals surface area contributed by atoms with Crippen molar-refractivity contribution in [2.24, 2.45) is 11.7 Å². The van der Waals surface area contributed by atoms with Gasteiger partial charge in [0.1, 0.15) is 11.5 Å². The first-order valence-corrected chi connectivity index (χ1v) is 8.59. The summed E-state index contributed by atoms with van der Waals surface area (Å²) >= 11 is 1.26. The molecule has 3 heterocycles. The minimum atomic E-state index is -0.509. The highest BCUT2D eigenvalue weighted by molar-refractivity contribution is 7.12. The summed E-state index contributed by atoms with van der Waals surface area (Å²) in [6, 6.07) is 5.39. The quantitative estimate of drug-likeness (QED) is 0.936. The first-order valence-electron chi connectivity index (χ1n) is 7.71. The number of carbonyl (C=O) groups is 2. The second-order valence-electron chi connectivity index (χ2n) is 6.16. The standard InChI is InChI=1S/C17H20N2O3S/c1-10-5-6-19(13(7-10)14-4-3-11(2)22-14)17(21)15-8-12(9-23-15)16(18)20/h3-4,8-10,13H,5-7H2,1-2H3,(H2,18,20)/t10-,13+/m0/s1. The van der Waals surface area contributed by atoms with Gasteiger partial charge >= 0.3 is 0 Å². The van der Waals surface area contributed by atoms with E-state index in [4.69, 9.17) is 10.2 Å². The van der Waals surface area contributed by atoms with Crippen LogP contribution in [0.2, 0.25) is 0 Å². The highest BCUT2D eigenvalue weighted by Crippen LogP contribution is 2.36. The first kappa shape index (κ1) is 15.8. The van der Waals surface area contributed by atoms with Gasteiger partial charge in [0.25, 0.3) is 5.91 Å². The van der Waals surface area contributed by atoms with Gasteiger partial charge in [0, 0.05) is 11.9 Å². The van der Waals surface area contributed by atoms with Crippen molar-refractivity contribution < 1.29 is 14.0 Å². The van der Waals surface area contributed by atoms with Crippen LogP contribution in [0.5, 0.6) is 0 Å². The summed E-state index contributed by atoms with van der Waals surface area (Å²) in [6.45, 7) is 4.79. The molecule has 0 spiro atoms. The Morgan fingerprint density at radius 1 is 1.39 bits per heavy atom. The van der Waals surface area contributed by atoms with Crippen LogP contribution in [0.3, 0.4) is 0 Å². The zero-order valence-electron chi connectivity index (χ0n) is 13.2. The zero-order valence-corrected chi connectivity index (χ0v) is 14.1. The van der Waals surface area contributed by atoms with Crippen LogP contribution in [0.15, 0.2) is 28.0 Å². The summed E-state index contributed by atoms with van der Waals surface area (Å²) < 4.78 is 5.77. The number of furan rings is 1. The number of amides is 2. The molecule has 2 N–H and O–H groups in total. The molecule has 0 aromatic carbocycles. The average molecular weight is 332 g/mol. The molecule has 0 unspecified atom stereocenters. The molecule has 122 valence electrons. The van der Waals surface area contributed by atoms with Gasteiger partial charge in [-0.05, 0) is 43.9 Å².